The van der Waals surface area contributed by atoms with Crippen LogP contribution in [0.3, 0.4) is 0 Å². The third-order valence-electron chi connectivity index (χ3n) is 3.46. The summed E-state index contributed by atoms with van der Waals surface area (Å²) in [5.74, 6) is -3.26. The molecule has 1 aromatic heterocycles. The Bertz CT molecular complexity index is 802. The number of nitrogens with zero attached hydrogens (tertiary/aromatic N) is 1. The van der Waals surface area contributed by atoms with Crippen LogP contribution in [0.25, 0.3) is 0 Å². The lowest BCUT2D eigenvalue weighted by atomic mass is 10.1. The molecule has 0 aliphatic rings. The number of amides is 1. The largest absolute Gasteiger partial charge is 0.449 e. The van der Waals surface area contributed by atoms with Crippen molar-refractivity contribution in [2.24, 2.45) is 0 Å². The van der Waals surface area contributed by atoms with Gasteiger partial charge in [-0.15, -0.1) is 0 Å². The zero-order valence-corrected chi connectivity index (χ0v) is 14.2. The quantitative estimate of drug-likeness (QED) is 0.832. The molecule has 1 atom stereocenters. The molecule has 1 heterocycles. The highest BCUT2D eigenvalue weighted by Gasteiger charge is 2.27. The van der Waals surface area contributed by atoms with E-state index in [9.17, 15) is 18.4 Å². The van der Waals surface area contributed by atoms with Crippen molar-refractivity contribution in [1.29, 1.82) is 0 Å². The van der Waals surface area contributed by atoms with Crippen molar-refractivity contribution >= 4 is 17.6 Å². The molecule has 0 saturated carbocycles. The van der Waals surface area contributed by atoms with Gasteiger partial charge in [0, 0.05) is 17.7 Å². The van der Waals surface area contributed by atoms with Gasteiger partial charge in [0.05, 0.1) is 5.69 Å². The molecule has 0 aliphatic carbocycles. The zero-order valence-electron chi connectivity index (χ0n) is 14.2. The van der Waals surface area contributed by atoms with Crippen LogP contribution in [0.1, 0.15) is 48.5 Å². The predicted molar refractivity (Wildman–Crippen MR) is 85.2 cm³/mol. The number of aryl methyl sites for hydroxylation is 1. The van der Waals surface area contributed by atoms with Gasteiger partial charge >= 0.3 is 5.97 Å². The Morgan fingerprint density at radius 3 is 2.48 bits per heavy atom. The van der Waals surface area contributed by atoms with E-state index in [1.165, 1.54) is 13.0 Å². The summed E-state index contributed by atoms with van der Waals surface area (Å²) in [4.78, 5) is 24.4. The molecule has 25 heavy (non-hydrogen) atoms. The Balaban J connectivity index is 2.07. The number of halogens is 2. The highest BCUT2D eigenvalue weighted by molar-refractivity contribution is 5.98. The van der Waals surface area contributed by atoms with Crippen LogP contribution in [0, 0.1) is 18.6 Å². The van der Waals surface area contributed by atoms with Gasteiger partial charge in [0.1, 0.15) is 5.56 Å². The van der Waals surface area contributed by atoms with E-state index in [4.69, 9.17) is 9.26 Å². The van der Waals surface area contributed by atoms with Crippen LogP contribution < -0.4 is 5.32 Å². The number of rotatable bonds is 5. The van der Waals surface area contributed by atoms with Gasteiger partial charge in [-0.3, -0.25) is 4.79 Å². The lowest BCUT2D eigenvalue weighted by molar-refractivity contribution is -0.123. The van der Waals surface area contributed by atoms with Crippen molar-refractivity contribution in [2.75, 3.05) is 5.32 Å². The topological polar surface area (TPSA) is 81.4 Å². The third kappa shape index (κ3) is 4.20. The van der Waals surface area contributed by atoms with Gasteiger partial charge < -0.3 is 14.6 Å². The van der Waals surface area contributed by atoms with Crippen molar-refractivity contribution in [3.05, 3.63) is 46.9 Å². The Morgan fingerprint density at radius 1 is 1.20 bits per heavy atom. The van der Waals surface area contributed by atoms with Crippen LogP contribution in [0.15, 0.2) is 22.7 Å². The summed E-state index contributed by atoms with van der Waals surface area (Å²) in [7, 11) is 0. The molecule has 134 valence electrons. The summed E-state index contributed by atoms with van der Waals surface area (Å²) < 4.78 is 36.3. The first-order chi connectivity index (χ1) is 11.7. The van der Waals surface area contributed by atoms with E-state index in [-0.39, 0.29) is 17.2 Å². The smallest absolute Gasteiger partial charge is 0.344 e. The summed E-state index contributed by atoms with van der Waals surface area (Å²) in [5, 5.41) is 6.09. The monoisotopic (exact) mass is 352 g/mol. The molecule has 8 heteroatoms. The van der Waals surface area contributed by atoms with E-state index >= 15 is 0 Å². The average molecular weight is 352 g/mol. The second kappa shape index (κ2) is 7.42. The first-order valence-electron chi connectivity index (χ1n) is 7.63. The van der Waals surface area contributed by atoms with Gasteiger partial charge in [0.25, 0.3) is 5.91 Å². The number of ether oxygens (including phenoxy) is 1. The summed E-state index contributed by atoms with van der Waals surface area (Å²) in [6.07, 6.45) is -1.16. The average Bonchev–Trinajstić information content (AvgIpc) is 2.92. The van der Waals surface area contributed by atoms with Crippen LogP contribution in [0.2, 0.25) is 0 Å². The molecular weight excluding hydrogens is 334 g/mol. The number of carbonyl (C=O) groups excluding carboxylic acids is 2. The maximum Gasteiger partial charge on any atom is 0.344 e. The SMILES string of the molecule is Cc1noc(C(C)C)c1C(=O)O[C@H](C)C(=O)Nc1ccc(F)c(F)c1. The van der Waals surface area contributed by atoms with Gasteiger partial charge in [-0.05, 0) is 26.0 Å². The number of benzene rings is 1. The number of hydrogen-bond acceptors (Lipinski definition) is 5. The summed E-state index contributed by atoms with van der Waals surface area (Å²) in [6.45, 7) is 6.62. The Hall–Kier alpha value is -2.77. The van der Waals surface area contributed by atoms with Gasteiger partial charge in [-0.2, -0.15) is 0 Å². The molecule has 2 rings (SSSR count). The minimum Gasteiger partial charge on any atom is -0.449 e. The first kappa shape index (κ1) is 18.6. The first-order valence-corrected chi connectivity index (χ1v) is 7.63. The van der Waals surface area contributed by atoms with Gasteiger partial charge in [-0.1, -0.05) is 19.0 Å². The summed E-state index contributed by atoms with van der Waals surface area (Å²) >= 11 is 0. The molecule has 2 aromatic rings. The highest BCUT2D eigenvalue weighted by Crippen LogP contribution is 2.23. The maximum absolute atomic E-state index is 13.2. The molecule has 0 radical (unpaired) electrons. The molecule has 0 fully saturated rings. The van der Waals surface area contributed by atoms with E-state index in [2.05, 4.69) is 10.5 Å². The van der Waals surface area contributed by atoms with Crippen molar-refractivity contribution in [2.45, 2.75) is 39.7 Å². The van der Waals surface area contributed by atoms with Crippen LogP contribution in [0.4, 0.5) is 14.5 Å². The van der Waals surface area contributed by atoms with E-state index in [1.807, 2.05) is 13.8 Å². The second-order valence-corrected chi connectivity index (χ2v) is 5.83. The van der Waals surface area contributed by atoms with Crippen molar-refractivity contribution in [3.8, 4) is 0 Å². The predicted octanol–water partition coefficient (Wildman–Crippen LogP) is 3.57. The van der Waals surface area contributed by atoms with Crippen molar-refractivity contribution in [3.63, 3.8) is 0 Å². The molecule has 1 N–H and O–H groups in total. The molecule has 0 saturated heterocycles. The Morgan fingerprint density at radius 2 is 1.88 bits per heavy atom. The minimum atomic E-state index is -1.16. The molecule has 6 nitrogen and oxygen atoms in total. The standard InChI is InChI=1S/C17H18F2N2O4/c1-8(2)15-14(9(3)21-25-15)17(23)24-10(4)16(22)20-11-5-6-12(18)13(19)7-11/h5-8,10H,1-4H3,(H,20,22)/t10-/m1/s1. The van der Waals surface area contributed by atoms with Crippen LogP contribution in [0.5, 0.6) is 0 Å². The normalized spacial score (nSPS) is 12.1. The van der Waals surface area contributed by atoms with Crippen LogP contribution in [-0.2, 0) is 9.53 Å². The van der Waals surface area contributed by atoms with Gasteiger partial charge in [-0.25, -0.2) is 13.6 Å². The number of anilines is 1. The number of carbonyl (C=O) groups is 2. The zero-order chi connectivity index (χ0) is 18.7. The van der Waals surface area contributed by atoms with Crippen molar-refractivity contribution in [1.82, 2.24) is 5.16 Å². The molecule has 0 unspecified atom stereocenters. The fourth-order valence-electron chi connectivity index (χ4n) is 2.12. The molecule has 1 amide bonds. The minimum absolute atomic E-state index is 0.0517. The molecule has 0 spiro atoms. The Kier molecular flexibility index (Phi) is 5.51. The lowest BCUT2D eigenvalue weighted by Crippen LogP contribution is -2.30. The van der Waals surface area contributed by atoms with E-state index in [0.29, 0.717) is 11.5 Å². The molecule has 1 aromatic carbocycles. The highest BCUT2D eigenvalue weighted by atomic mass is 19.2. The van der Waals surface area contributed by atoms with Crippen LogP contribution >= 0.6 is 0 Å². The van der Waals surface area contributed by atoms with E-state index in [0.717, 1.165) is 12.1 Å². The second-order valence-electron chi connectivity index (χ2n) is 5.83. The van der Waals surface area contributed by atoms with E-state index in [1.54, 1.807) is 6.92 Å². The molecule has 0 aliphatic heterocycles. The fraction of sp³-hybridized carbons (Fsp3) is 0.353. The van der Waals surface area contributed by atoms with Crippen molar-refractivity contribution < 1.29 is 27.6 Å². The van der Waals surface area contributed by atoms with Gasteiger partial charge in [0.15, 0.2) is 23.5 Å². The van der Waals surface area contributed by atoms with Gasteiger partial charge in [0.2, 0.25) is 0 Å². The van der Waals surface area contributed by atoms with Crippen LogP contribution in [-0.4, -0.2) is 23.1 Å². The molecule has 0 bridgehead atoms. The molecular formula is C17H18F2N2O4. The number of esters is 1. The lowest BCUT2D eigenvalue weighted by Gasteiger charge is -2.14. The third-order valence-corrected chi connectivity index (χ3v) is 3.46. The number of hydrogen-bond donors (Lipinski definition) is 1. The Labute approximate surface area is 143 Å². The summed E-state index contributed by atoms with van der Waals surface area (Å²) in [6, 6.07) is 2.92. The summed E-state index contributed by atoms with van der Waals surface area (Å²) in [5.41, 5.74) is 0.597. The van der Waals surface area contributed by atoms with E-state index < -0.39 is 29.6 Å². The number of aromatic nitrogens is 1. The maximum atomic E-state index is 13.2. The fourth-order valence-corrected chi connectivity index (χ4v) is 2.12. The number of nitrogens with one attached hydrogen (secondary N) is 1.